The number of hydrogen-bond donors (Lipinski definition) is 0. The Morgan fingerprint density at radius 3 is 2.65 bits per heavy atom. The molecule has 3 heterocycles. The van der Waals surface area contributed by atoms with E-state index in [1.54, 1.807) is 35.6 Å². The zero-order valence-electron chi connectivity index (χ0n) is 17.2. The number of thioether (sulfide) groups is 1. The monoisotopic (exact) mass is 459 g/mol. The quantitative estimate of drug-likeness (QED) is 0.553. The molecule has 3 aromatic rings. The summed E-state index contributed by atoms with van der Waals surface area (Å²) in [4.78, 5) is 20.8. The molecular weight excluding hydrogens is 437 g/mol. The van der Waals surface area contributed by atoms with Crippen molar-refractivity contribution >= 4 is 40.1 Å². The molecule has 1 aromatic heterocycles. The van der Waals surface area contributed by atoms with Crippen LogP contribution in [0, 0.1) is 5.82 Å². The predicted molar refractivity (Wildman–Crippen MR) is 124 cm³/mol. The molecule has 0 bridgehead atoms. The average Bonchev–Trinajstić information content (AvgIpc) is 2.98. The number of aromatic nitrogens is 2. The van der Waals surface area contributed by atoms with Gasteiger partial charge < -0.3 is 9.64 Å². The molecule has 1 atom stereocenters. The molecule has 0 unspecified atom stereocenters. The molecule has 2 aliphatic heterocycles. The summed E-state index contributed by atoms with van der Waals surface area (Å²) in [5, 5.41) is 1.46. The number of anilines is 1. The van der Waals surface area contributed by atoms with E-state index in [0.717, 1.165) is 52.9 Å². The first-order valence-corrected chi connectivity index (χ1v) is 11.9. The van der Waals surface area contributed by atoms with Crippen LogP contribution in [0.4, 0.5) is 10.2 Å². The van der Waals surface area contributed by atoms with Crippen molar-refractivity contribution in [3.63, 3.8) is 0 Å². The fraction of sp³-hybridized carbons (Fsp3) is 0.391. The number of ether oxygens (including phenoxy) is 1. The van der Waals surface area contributed by atoms with Gasteiger partial charge in [0.1, 0.15) is 11.6 Å². The summed E-state index contributed by atoms with van der Waals surface area (Å²) < 4.78 is 20.9. The van der Waals surface area contributed by atoms with Crippen molar-refractivity contribution in [3.05, 3.63) is 51.7 Å². The van der Waals surface area contributed by atoms with E-state index in [1.807, 2.05) is 6.07 Å². The van der Waals surface area contributed by atoms with Crippen molar-refractivity contribution in [1.29, 1.82) is 0 Å². The number of rotatable bonds is 3. The number of methoxy groups -OCH3 is 1. The predicted octanol–water partition coefficient (Wildman–Crippen LogP) is 4.97. The van der Waals surface area contributed by atoms with Crippen LogP contribution in [-0.4, -0.2) is 41.6 Å². The number of benzene rings is 2. The Bertz CT molecular complexity index is 1190. The van der Waals surface area contributed by atoms with Crippen LogP contribution in [0.25, 0.3) is 22.0 Å². The zero-order chi connectivity index (χ0) is 21.5. The third-order valence-electron chi connectivity index (χ3n) is 6.07. The first-order chi connectivity index (χ1) is 15.1. The minimum atomic E-state index is -0.299. The number of hydrogen-bond acceptors (Lipinski definition) is 5. The summed E-state index contributed by atoms with van der Waals surface area (Å²) in [6, 6.07) is 8.24. The second-order valence-corrected chi connectivity index (χ2v) is 9.45. The summed E-state index contributed by atoms with van der Waals surface area (Å²) in [5.74, 6) is 1.09. The lowest BCUT2D eigenvalue weighted by Gasteiger charge is -2.29. The second-order valence-electron chi connectivity index (χ2n) is 8.01. The van der Waals surface area contributed by atoms with Gasteiger partial charge in [0, 0.05) is 41.8 Å². The Hall–Kier alpha value is -2.09. The smallest absolute Gasteiger partial charge is 0.350 e. The topological polar surface area (TPSA) is 47.4 Å². The van der Waals surface area contributed by atoms with Crippen LogP contribution in [-0.2, 0) is 11.3 Å². The molecule has 2 aromatic carbocycles. The maximum absolute atomic E-state index is 13.6. The maximum Gasteiger partial charge on any atom is 0.350 e. The van der Waals surface area contributed by atoms with E-state index in [1.165, 1.54) is 18.6 Å². The molecule has 5 nitrogen and oxygen atoms in total. The van der Waals surface area contributed by atoms with Gasteiger partial charge in [-0.25, -0.2) is 9.18 Å². The van der Waals surface area contributed by atoms with Crippen molar-refractivity contribution in [2.45, 2.75) is 36.8 Å². The minimum Gasteiger partial charge on any atom is -0.379 e. The van der Waals surface area contributed by atoms with E-state index in [9.17, 15) is 9.18 Å². The molecule has 5 rings (SSSR count). The largest absolute Gasteiger partial charge is 0.379 e. The van der Waals surface area contributed by atoms with Gasteiger partial charge in [-0.05, 0) is 43.0 Å². The number of halogens is 2. The van der Waals surface area contributed by atoms with Crippen LogP contribution in [0.1, 0.15) is 19.3 Å². The van der Waals surface area contributed by atoms with Crippen LogP contribution in [0.5, 0.6) is 0 Å². The van der Waals surface area contributed by atoms with Gasteiger partial charge in [-0.15, -0.1) is 11.8 Å². The van der Waals surface area contributed by atoms with E-state index in [0.29, 0.717) is 23.1 Å². The van der Waals surface area contributed by atoms with Gasteiger partial charge in [0.05, 0.1) is 23.2 Å². The number of piperidine rings is 1. The van der Waals surface area contributed by atoms with Gasteiger partial charge in [0.25, 0.3) is 0 Å². The highest BCUT2D eigenvalue weighted by molar-refractivity contribution is 7.99. The van der Waals surface area contributed by atoms with Gasteiger partial charge in [-0.2, -0.15) is 4.98 Å². The molecule has 8 heteroatoms. The molecule has 31 heavy (non-hydrogen) atoms. The summed E-state index contributed by atoms with van der Waals surface area (Å²) in [7, 11) is 1.66. The van der Waals surface area contributed by atoms with E-state index in [2.05, 4.69) is 9.88 Å². The van der Waals surface area contributed by atoms with Gasteiger partial charge in [0.2, 0.25) is 0 Å². The SMILES string of the molecule is CO[C@H]1CSc2c(-c3ccc(F)cc3)c(Cl)cc3c(N4CCCCC4)nc(=O)n(c23)C1. The summed E-state index contributed by atoms with van der Waals surface area (Å²) in [6.07, 6.45) is 3.24. The van der Waals surface area contributed by atoms with Crippen molar-refractivity contribution in [1.82, 2.24) is 9.55 Å². The highest BCUT2D eigenvalue weighted by atomic mass is 35.5. The Balaban J connectivity index is 1.82. The fourth-order valence-electron chi connectivity index (χ4n) is 4.48. The molecule has 162 valence electrons. The lowest BCUT2D eigenvalue weighted by atomic mass is 10.0. The summed E-state index contributed by atoms with van der Waals surface area (Å²) >= 11 is 8.47. The molecular formula is C23H23ClFN3O2S. The molecule has 0 radical (unpaired) electrons. The van der Waals surface area contributed by atoms with Crippen molar-refractivity contribution in [2.24, 2.45) is 0 Å². The fourth-order valence-corrected chi connectivity index (χ4v) is 6.17. The van der Waals surface area contributed by atoms with Crippen LogP contribution < -0.4 is 10.6 Å². The van der Waals surface area contributed by atoms with E-state index >= 15 is 0 Å². The van der Waals surface area contributed by atoms with Gasteiger partial charge >= 0.3 is 5.69 Å². The second kappa shape index (κ2) is 8.45. The number of nitrogens with zero attached hydrogens (tertiary/aromatic N) is 3. The Morgan fingerprint density at radius 1 is 1.19 bits per heavy atom. The normalized spacial score (nSPS) is 18.9. The molecule has 0 aliphatic carbocycles. The van der Waals surface area contributed by atoms with E-state index in [-0.39, 0.29) is 17.6 Å². The molecule has 1 fully saturated rings. The van der Waals surface area contributed by atoms with Crippen LogP contribution in [0.3, 0.4) is 0 Å². The van der Waals surface area contributed by atoms with Crippen molar-refractivity contribution in [3.8, 4) is 11.1 Å². The molecule has 0 N–H and O–H groups in total. The third-order valence-corrected chi connectivity index (χ3v) is 7.59. The summed E-state index contributed by atoms with van der Waals surface area (Å²) in [5.41, 5.74) is 2.21. The first-order valence-electron chi connectivity index (χ1n) is 10.5. The standard InChI is InChI=1S/C23H23ClFN3O2S/c1-30-16-12-28-20-17(22(26-23(28)29)27-9-3-2-4-10-27)11-18(24)19(21(20)31-13-16)14-5-7-15(25)8-6-14/h5-8,11,16H,2-4,9-10,12-13H2,1H3/t16-/m1/s1. The lowest BCUT2D eigenvalue weighted by molar-refractivity contribution is 0.107. The van der Waals surface area contributed by atoms with Crippen LogP contribution in [0.15, 0.2) is 40.0 Å². The Morgan fingerprint density at radius 2 is 1.94 bits per heavy atom. The van der Waals surface area contributed by atoms with Gasteiger partial charge in [0.15, 0.2) is 0 Å². The molecule has 1 saturated heterocycles. The van der Waals surface area contributed by atoms with Crippen molar-refractivity contribution in [2.75, 3.05) is 30.9 Å². The van der Waals surface area contributed by atoms with Crippen LogP contribution >= 0.6 is 23.4 Å². The van der Waals surface area contributed by atoms with Gasteiger partial charge in [-0.1, -0.05) is 23.7 Å². The minimum absolute atomic E-state index is 0.124. The Kier molecular flexibility index (Phi) is 5.67. The van der Waals surface area contributed by atoms with Crippen LogP contribution in [0.2, 0.25) is 5.02 Å². The lowest BCUT2D eigenvalue weighted by Crippen LogP contribution is -2.35. The first kappa shape index (κ1) is 20.8. The molecule has 0 amide bonds. The Labute approximate surface area is 189 Å². The molecule has 0 saturated carbocycles. The highest BCUT2D eigenvalue weighted by Gasteiger charge is 2.28. The van der Waals surface area contributed by atoms with Crippen molar-refractivity contribution < 1.29 is 9.13 Å². The average molecular weight is 460 g/mol. The van der Waals surface area contributed by atoms with E-state index in [4.69, 9.17) is 16.3 Å². The van der Waals surface area contributed by atoms with Gasteiger partial charge in [-0.3, -0.25) is 4.57 Å². The molecule has 0 spiro atoms. The third kappa shape index (κ3) is 3.73. The maximum atomic E-state index is 13.6. The molecule has 2 aliphatic rings. The summed E-state index contributed by atoms with van der Waals surface area (Å²) in [6.45, 7) is 2.20. The van der Waals surface area contributed by atoms with E-state index < -0.39 is 0 Å². The zero-order valence-corrected chi connectivity index (χ0v) is 18.8. The highest BCUT2D eigenvalue weighted by Crippen LogP contribution is 2.45.